The van der Waals surface area contributed by atoms with Gasteiger partial charge in [0.05, 0.1) is 12.6 Å². The second-order valence-electron chi connectivity index (χ2n) is 9.40. The van der Waals surface area contributed by atoms with Gasteiger partial charge in [-0.15, -0.1) is 0 Å². The van der Waals surface area contributed by atoms with Gasteiger partial charge in [0.15, 0.2) is 0 Å². The van der Waals surface area contributed by atoms with E-state index in [0.29, 0.717) is 43.1 Å². The molecular weight excluding hydrogens is 428 g/mol. The Morgan fingerprint density at radius 3 is 2.34 bits per heavy atom. The third-order valence-electron chi connectivity index (χ3n) is 6.21. The van der Waals surface area contributed by atoms with E-state index in [1.54, 1.807) is 12.0 Å². The number of hydrogen-bond donors (Lipinski definition) is 0. The molecule has 0 aliphatic carbocycles. The van der Waals surface area contributed by atoms with Gasteiger partial charge in [-0.05, 0) is 63.4 Å². The zero-order valence-corrected chi connectivity index (χ0v) is 19.7. The quantitative estimate of drug-likeness (QED) is 0.634. The second kappa shape index (κ2) is 8.32. The maximum absolute atomic E-state index is 13.5. The molecule has 1 saturated heterocycles. The average molecular weight is 457 g/mol. The first-order chi connectivity index (χ1) is 15.1. The monoisotopic (exact) mass is 456 g/mol. The number of fused-ring (bicyclic) bond motifs is 2. The lowest BCUT2D eigenvalue weighted by molar-refractivity contribution is -0.00217. The van der Waals surface area contributed by atoms with Gasteiger partial charge in [-0.25, -0.2) is 4.79 Å². The molecule has 1 spiro atoms. The van der Waals surface area contributed by atoms with Crippen molar-refractivity contribution in [2.24, 2.45) is 0 Å². The van der Waals surface area contributed by atoms with Crippen LogP contribution in [-0.4, -0.2) is 47.6 Å². The highest BCUT2D eigenvalue weighted by atomic mass is 35.5. The van der Waals surface area contributed by atoms with Gasteiger partial charge in [-0.2, -0.15) is 0 Å². The number of rotatable bonds is 3. The van der Waals surface area contributed by atoms with E-state index >= 15 is 0 Å². The standard InChI is InChI=1S/C25H29ClN2O4/c1-24(2,3)32-23(30)27-14-12-25(13-15-27)21-19(6-5-7-20(21)26)22(29)28(25)16-17-8-10-18(31-4)11-9-17/h5-11H,12-16H2,1-4H3. The minimum absolute atomic E-state index is 0.0240. The van der Waals surface area contributed by atoms with E-state index in [4.69, 9.17) is 21.1 Å². The SMILES string of the molecule is COc1ccc(CN2C(=O)c3cccc(Cl)c3C23CCN(C(=O)OC(C)(C)C)CC3)cc1. The number of hydrogen-bond acceptors (Lipinski definition) is 4. The van der Waals surface area contributed by atoms with E-state index in [-0.39, 0.29) is 12.0 Å². The first-order valence-corrected chi connectivity index (χ1v) is 11.2. The number of benzene rings is 2. The lowest BCUT2D eigenvalue weighted by Gasteiger charge is -2.45. The van der Waals surface area contributed by atoms with E-state index in [2.05, 4.69) is 0 Å². The Balaban J connectivity index is 1.64. The fourth-order valence-corrected chi connectivity index (χ4v) is 5.04. The van der Waals surface area contributed by atoms with Crippen molar-refractivity contribution in [1.29, 1.82) is 0 Å². The molecule has 32 heavy (non-hydrogen) atoms. The van der Waals surface area contributed by atoms with Crippen LogP contribution < -0.4 is 4.74 Å². The topological polar surface area (TPSA) is 59.1 Å². The third kappa shape index (κ3) is 4.04. The summed E-state index contributed by atoms with van der Waals surface area (Å²) in [7, 11) is 1.63. The molecular formula is C25H29ClN2O4. The maximum atomic E-state index is 13.5. The van der Waals surface area contributed by atoms with Gasteiger partial charge >= 0.3 is 6.09 Å². The van der Waals surface area contributed by atoms with Crippen molar-refractivity contribution in [3.63, 3.8) is 0 Å². The summed E-state index contributed by atoms with van der Waals surface area (Å²) in [5, 5.41) is 0.596. The Morgan fingerprint density at radius 2 is 1.75 bits per heavy atom. The lowest BCUT2D eigenvalue weighted by Crippen LogP contribution is -2.53. The summed E-state index contributed by atoms with van der Waals surface area (Å²) in [6.07, 6.45) is 0.883. The molecule has 0 N–H and O–H groups in total. The Morgan fingerprint density at radius 1 is 1.09 bits per heavy atom. The molecule has 2 amide bonds. The van der Waals surface area contributed by atoms with Crippen LogP contribution in [0.4, 0.5) is 4.79 Å². The van der Waals surface area contributed by atoms with Crippen molar-refractivity contribution in [2.75, 3.05) is 20.2 Å². The summed E-state index contributed by atoms with van der Waals surface area (Å²) in [5.41, 5.74) is 1.44. The minimum Gasteiger partial charge on any atom is -0.497 e. The summed E-state index contributed by atoms with van der Waals surface area (Å²) in [6.45, 7) is 7.02. The Labute approximate surface area is 194 Å². The highest BCUT2D eigenvalue weighted by molar-refractivity contribution is 6.32. The van der Waals surface area contributed by atoms with Crippen LogP contribution in [0.1, 0.15) is 55.1 Å². The Bertz CT molecular complexity index is 1020. The normalized spacial score (nSPS) is 17.5. The summed E-state index contributed by atoms with van der Waals surface area (Å²) in [6, 6.07) is 13.2. The van der Waals surface area contributed by atoms with E-state index < -0.39 is 11.1 Å². The van der Waals surface area contributed by atoms with Crippen LogP contribution in [0.3, 0.4) is 0 Å². The Kier molecular flexibility index (Phi) is 5.84. The molecule has 170 valence electrons. The number of halogens is 1. The maximum Gasteiger partial charge on any atom is 0.410 e. The van der Waals surface area contributed by atoms with Gasteiger partial charge in [-0.1, -0.05) is 29.8 Å². The van der Waals surface area contributed by atoms with Crippen molar-refractivity contribution in [1.82, 2.24) is 9.80 Å². The number of piperidine rings is 1. The first kappa shape index (κ1) is 22.5. The van der Waals surface area contributed by atoms with Crippen molar-refractivity contribution < 1.29 is 19.1 Å². The van der Waals surface area contributed by atoms with E-state index in [1.807, 2.05) is 68.1 Å². The molecule has 7 heteroatoms. The predicted octanol–water partition coefficient (Wildman–Crippen LogP) is 5.23. The predicted molar refractivity (Wildman–Crippen MR) is 123 cm³/mol. The highest BCUT2D eigenvalue weighted by Crippen LogP contribution is 2.49. The molecule has 2 aromatic carbocycles. The first-order valence-electron chi connectivity index (χ1n) is 10.9. The smallest absolute Gasteiger partial charge is 0.410 e. The molecule has 0 aromatic heterocycles. The van der Waals surface area contributed by atoms with Crippen molar-refractivity contribution in [3.05, 3.63) is 64.2 Å². The van der Waals surface area contributed by atoms with Gasteiger partial charge in [0.25, 0.3) is 5.91 Å². The zero-order chi connectivity index (χ0) is 23.1. The van der Waals surface area contributed by atoms with Crippen molar-refractivity contribution in [2.45, 2.75) is 51.3 Å². The van der Waals surface area contributed by atoms with Crippen LogP contribution in [0.5, 0.6) is 5.75 Å². The molecule has 2 aliphatic heterocycles. The van der Waals surface area contributed by atoms with Crippen LogP contribution in [0.2, 0.25) is 5.02 Å². The number of amides is 2. The number of likely N-dealkylation sites (tertiary alicyclic amines) is 1. The molecule has 4 rings (SSSR count). The zero-order valence-electron chi connectivity index (χ0n) is 19.0. The van der Waals surface area contributed by atoms with Crippen LogP contribution in [-0.2, 0) is 16.8 Å². The number of carbonyl (C=O) groups excluding carboxylic acids is 2. The molecule has 0 bridgehead atoms. The van der Waals surface area contributed by atoms with Gasteiger partial charge in [0.2, 0.25) is 0 Å². The largest absolute Gasteiger partial charge is 0.497 e. The van der Waals surface area contributed by atoms with Crippen molar-refractivity contribution in [3.8, 4) is 5.75 Å². The second-order valence-corrected chi connectivity index (χ2v) is 9.81. The number of ether oxygens (including phenoxy) is 2. The average Bonchev–Trinajstić information content (AvgIpc) is 2.97. The van der Waals surface area contributed by atoms with Crippen LogP contribution >= 0.6 is 11.6 Å². The molecule has 0 unspecified atom stereocenters. The fraction of sp³-hybridized carbons (Fsp3) is 0.440. The van der Waals surface area contributed by atoms with Crippen molar-refractivity contribution >= 4 is 23.6 Å². The van der Waals surface area contributed by atoms with E-state index in [9.17, 15) is 9.59 Å². The van der Waals surface area contributed by atoms with Crippen LogP contribution in [0.15, 0.2) is 42.5 Å². The minimum atomic E-state index is -0.552. The van der Waals surface area contributed by atoms with Gasteiger partial charge in [0.1, 0.15) is 11.4 Å². The molecule has 0 saturated carbocycles. The molecule has 0 atom stereocenters. The van der Waals surface area contributed by atoms with Gasteiger partial charge < -0.3 is 19.3 Å². The van der Waals surface area contributed by atoms with Crippen LogP contribution in [0.25, 0.3) is 0 Å². The number of methoxy groups -OCH3 is 1. The van der Waals surface area contributed by atoms with E-state index in [0.717, 1.165) is 16.9 Å². The fourth-order valence-electron chi connectivity index (χ4n) is 4.69. The summed E-state index contributed by atoms with van der Waals surface area (Å²) < 4.78 is 10.8. The van der Waals surface area contributed by atoms with Gasteiger partial charge in [0, 0.05) is 35.8 Å². The van der Waals surface area contributed by atoms with Gasteiger partial charge in [-0.3, -0.25) is 4.79 Å². The highest BCUT2D eigenvalue weighted by Gasteiger charge is 2.52. The summed E-state index contributed by atoms with van der Waals surface area (Å²) in [5.74, 6) is 0.747. The molecule has 6 nitrogen and oxygen atoms in total. The molecule has 2 heterocycles. The molecule has 2 aromatic rings. The number of nitrogens with zero attached hydrogens (tertiary/aromatic N) is 2. The Hall–Kier alpha value is -2.73. The number of carbonyl (C=O) groups is 2. The lowest BCUT2D eigenvalue weighted by atomic mass is 9.80. The third-order valence-corrected chi connectivity index (χ3v) is 6.53. The molecule has 0 radical (unpaired) electrons. The van der Waals surface area contributed by atoms with Crippen LogP contribution in [0, 0.1) is 0 Å². The van der Waals surface area contributed by atoms with E-state index in [1.165, 1.54) is 0 Å². The summed E-state index contributed by atoms with van der Waals surface area (Å²) >= 11 is 6.65. The molecule has 2 aliphatic rings. The molecule has 1 fully saturated rings. The summed E-state index contributed by atoms with van der Waals surface area (Å²) in [4.78, 5) is 29.8.